The Kier molecular flexibility index (Phi) is 6.84. The first-order valence-corrected chi connectivity index (χ1v) is 7.98. The summed E-state index contributed by atoms with van der Waals surface area (Å²) in [5.74, 6) is 1.53. The molecule has 2 rings (SSSR count). The summed E-state index contributed by atoms with van der Waals surface area (Å²) >= 11 is 0. The molecular weight excluding hydrogens is 338 g/mol. The van der Waals surface area contributed by atoms with Gasteiger partial charge in [-0.3, -0.25) is 9.59 Å². The lowest BCUT2D eigenvalue weighted by atomic mass is 10.2. The summed E-state index contributed by atoms with van der Waals surface area (Å²) in [5.41, 5.74) is 1.02. The summed E-state index contributed by atoms with van der Waals surface area (Å²) < 4.78 is 21.3. The normalized spacial score (nSPS) is 9.96. The minimum Gasteiger partial charge on any atom is -0.493 e. The Morgan fingerprint density at radius 2 is 1.62 bits per heavy atom. The third-order valence-corrected chi connectivity index (χ3v) is 3.43. The second kappa shape index (κ2) is 9.31. The van der Waals surface area contributed by atoms with Crippen LogP contribution in [0, 0.1) is 0 Å². The number of nitrogens with one attached hydrogen (secondary N) is 1. The fourth-order valence-corrected chi connectivity index (χ4v) is 2.24. The number of hydrogen-bond donors (Lipinski definition) is 1. The molecule has 0 heterocycles. The lowest BCUT2D eigenvalue weighted by Gasteiger charge is -2.13. The molecule has 0 bridgehead atoms. The molecule has 0 atom stereocenters. The summed E-state index contributed by atoms with van der Waals surface area (Å²) in [4.78, 5) is 22.9. The molecular formula is C19H21NO6. The molecule has 0 aliphatic carbocycles. The highest BCUT2D eigenvalue weighted by atomic mass is 16.5. The first-order chi connectivity index (χ1) is 12.6. The molecule has 2 aromatic rings. The Morgan fingerprint density at radius 3 is 2.27 bits per heavy atom. The maximum Gasteiger partial charge on any atom is 0.262 e. The van der Waals surface area contributed by atoms with Gasteiger partial charge in [0.1, 0.15) is 6.29 Å². The number of benzene rings is 2. The number of methoxy groups -OCH3 is 2. The summed E-state index contributed by atoms with van der Waals surface area (Å²) in [7, 11) is 2.99. The third kappa shape index (κ3) is 4.89. The lowest BCUT2D eigenvalue weighted by Crippen LogP contribution is -2.20. The maximum atomic E-state index is 12.1. The molecule has 7 nitrogen and oxygen atoms in total. The van der Waals surface area contributed by atoms with Gasteiger partial charge in [0.25, 0.3) is 5.91 Å². The minimum absolute atomic E-state index is 0.216. The largest absolute Gasteiger partial charge is 0.493 e. The molecule has 1 N–H and O–H groups in total. The number of ether oxygens (including phenoxy) is 4. The van der Waals surface area contributed by atoms with E-state index in [9.17, 15) is 9.59 Å². The SMILES string of the molecule is CCOc1ccc(NC(=O)COc2ccc(C=O)cc2OC)cc1OC. The van der Waals surface area contributed by atoms with Gasteiger partial charge in [0.05, 0.1) is 20.8 Å². The second-order valence-corrected chi connectivity index (χ2v) is 5.16. The summed E-state index contributed by atoms with van der Waals surface area (Å²) in [5, 5.41) is 2.72. The number of anilines is 1. The average molecular weight is 359 g/mol. The topological polar surface area (TPSA) is 83.1 Å². The molecule has 0 aliphatic rings. The van der Waals surface area contributed by atoms with Gasteiger partial charge in [0, 0.05) is 17.3 Å². The zero-order valence-electron chi connectivity index (χ0n) is 14.9. The van der Waals surface area contributed by atoms with Crippen molar-refractivity contribution < 1.29 is 28.5 Å². The van der Waals surface area contributed by atoms with Crippen LogP contribution in [0.5, 0.6) is 23.0 Å². The highest BCUT2D eigenvalue weighted by Crippen LogP contribution is 2.30. The van der Waals surface area contributed by atoms with E-state index >= 15 is 0 Å². The molecule has 0 saturated carbocycles. The minimum atomic E-state index is -0.349. The van der Waals surface area contributed by atoms with Gasteiger partial charge in [-0.25, -0.2) is 0 Å². The van der Waals surface area contributed by atoms with Crippen molar-refractivity contribution in [3.63, 3.8) is 0 Å². The fourth-order valence-electron chi connectivity index (χ4n) is 2.24. The summed E-state index contributed by atoms with van der Waals surface area (Å²) in [6, 6.07) is 9.81. The van der Waals surface area contributed by atoms with E-state index in [1.165, 1.54) is 20.3 Å². The van der Waals surface area contributed by atoms with Crippen molar-refractivity contribution in [2.75, 3.05) is 32.8 Å². The molecule has 0 unspecified atom stereocenters. The Bertz CT molecular complexity index is 775. The number of aldehydes is 1. The van der Waals surface area contributed by atoms with Crippen LogP contribution in [0.15, 0.2) is 36.4 Å². The highest BCUT2D eigenvalue weighted by Gasteiger charge is 2.11. The van der Waals surface area contributed by atoms with Crippen molar-refractivity contribution >= 4 is 17.9 Å². The number of carbonyl (C=O) groups is 2. The van der Waals surface area contributed by atoms with Crippen LogP contribution < -0.4 is 24.3 Å². The van der Waals surface area contributed by atoms with Crippen molar-refractivity contribution in [1.82, 2.24) is 0 Å². The number of hydrogen-bond acceptors (Lipinski definition) is 6. The molecule has 0 fully saturated rings. The van der Waals surface area contributed by atoms with Gasteiger partial charge in [-0.15, -0.1) is 0 Å². The zero-order chi connectivity index (χ0) is 18.9. The van der Waals surface area contributed by atoms with Crippen LogP contribution in [0.1, 0.15) is 17.3 Å². The van der Waals surface area contributed by atoms with Gasteiger partial charge in [-0.2, -0.15) is 0 Å². The van der Waals surface area contributed by atoms with E-state index < -0.39 is 0 Å². The van der Waals surface area contributed by atoms with Gasteiger partial charge in [0.15, 0.2) is 29.6 Å². The molecule has 1 amide bonds. The van der Waals surface area contributed by atoms with Crippen LogP contribution in [0.2, 0.25) is 0 Å². The maximum absolute atomic E-state index is 12.1. The first kappa shape index (κ1) is 19.1. The highest BCUT2D eigenvalue weighted by molar-refractivity contribution is 5.92. The van der Waals surface area contributed by atoms with Crippen LogP contribution >= 0.6 is 0 Å². The summed E-state index contributed by atoms with van der Waals surface area (Å²) in [6.45, 7) is 2.18. The molecule has 138 valence electrons. The van der Waals surface area contributed by atoms with Crippen LogP contribution in [-0.2, 0) is 4.79 Å². The molecule has 0 aliphatic heterocycles. The molecule has 7 heteroatoms. The van der Waals surface area contributed by atoms with Gasteiger partial charge in [0.2, 0.25) is 0 Å². The Labute approximate surface area is 151 Å². The van der Waals surface area contributed by atoms with Crippen molar-refractivity contribution in [3.8, 4) is 23.0 Å². The van der Waals surface area contributed by atoms with E-state index in [0.717, 1.165) is 0 Å². The molecule has 2 aromatic carbocycles. The second-order valence-electron chi connectivity index (χ2n) is 5.16. The van der Waals surface area contributed by atoms with E-state index in [0.29, 0.717) is 47.1 Å². The quantitative estimate of drug-likeness (QED) is 0.693. The van der Waals surface area contributed by atoms with E-state index in [1.807, 2.05) is 6.92 Å². The summed E-state index contributed by atoms with van der Waals surface area (Å²) in [6.07, 6.45) is 0.707. The standard InChI is InChI=1S/C19H21NO6/c1-4-25-15-8-6-14(10-18(15)24-3)20-19(22)12-26-16-7-5-13(11-21)9-17(16)23-2/h5-11H,4,12H2,1-3H3,(H,20,22). The van der Waals surface area contributed by atoms with Crippen molar-refractivity contribution in [2.24, 2.45) is 0 Å². The number of carbonyl (C=O) groups excluding carboxylic acids is 2. The zero-order valence-corrected chi connectivity index (χ0v) is 14.9. The van der Waals surface area contributed by atoms with Crippen molar-refractivity contribution in [3.05, 3.63) is 42.0 Å². The van der Waals surface area contributed by atoms with Crippen LogP contribution in [0.3, 0.4) is 0 Å². The van der Waals surface area contributed by atoms with E-state index in [-0.39, 0.29) is 12.5 Å². The van der Waals surface area contributed by atoms with Crippen molar-refractivity contribution in [1.29, 1.82) is 0 Å². The van der Waals surface area contributed by atoms with Gasteiger partial charge >= 0.3 is 0 Å². The van der Waals surface area contributed by atoms with Gasteiger partial charge in [-0.05, 0) is 37.3 Å². The number of rotatable bonds is 9. The molecule has 26 heavy (non-hydrogen) atoms. The van der Waals surface area contributed by atoms with Crippen molar-refractivity contribution in [2.45, 2.75) is 6.92 Å². The van der Waals surface area contributed by atoms with Crippen LogP contribution in [-0.4, -0.2) is 39.6 Å². The molecule has 0 spiro atoms. The predicted molar refractivity (Wildman–Crippen MR) is 96.7 cm³/mol. The van der Waals surface area contributed by atoms with E-state index in [1.54, 1.807) is 30.3 Å². The first-order valence-electron chi connectivity index (χ1n) is 7.98. The molecule has 0 saturated heterocycles. The number of amides is 1. The lowest BCUT2D eigenvalue weighted by molar-refractivity contribution is -0.118. The third-order valence-electron chi connectivity index (χ3n) is 3.43. The molecule has 0 radical (unpaired) electrons. The van der Waals surface area contributed by atoms with Crippen LogP contribution in [0.25, 0.3) is 0 Å². The monoisotopic (exact) mass is 359 g/mol. The van der Waals surface area contributed by atoms with E-state index in [2.05, 4.69) is 5.32 Å². The predicted octanol–water partition coefficient (Wildman–Crippen LogP) is 2.93. The average Bonchev–Trinajstić information content (AvgIpc) is 2.67. The Hall–Kier alpha value is -3.22. The Morgan fingerprint density at radius 1 is 0.962 bits per heavy atom. The van der Waals surface area contributed by atoms with Crippen LogP contribution in [0.4, 0.5) is 5.69 Å². The molecule has 0 aromatic heterocycles. The van der Waals surface area contributed by atoms with Gasteiger partial charge < -0.3 is 24.3 Å². The van der Waals surface area contributed by atoms with E-state index in [4.69, 9.17) is 18.9 Å². The smallest absolute Gasteiger partial charge is 0.262 e. The fraction of sp³-hybridized carbons (Fsp3) is 0.263. The van der Waals surface area contributed by atoms with Gasteiger partial charge in [-0.1, -0.05) is 0 Å². The Balaban J connectivity index is 2.00.